The number of hydrogen-bond donors (Lipinski definition) is 1. The summed E-state index contributed by atoms with van der Waals surface area (Å²) in [6.45, 7) is 2.86. The Kier molecular flexibility index (Phi) is 6.82. The molecule has 0 heterocycles. The van der Waals surface area contributed by atoms with Crippen LogP contribution in [-0.4, -0.2) is 12.9 Å². The van der Waals surface area contributed by atoms with Crippen molar-refractivity contribution in [2.24, 2.45) is 5.73 Å². The smallest absolute Gasteiger partial charge is 0.0108 e. The van der Waals surface area contributed by atoms with Crippen molar-refractivity contribution >= 4 is 11.6 Å². The molecule has 1 nitrogen and oxygen atoms in total. The molecule has 0 saturated carbocycles. The number of alkyl halides is 1. The van der Waals surface area contributed by atoms with Crippen LogP contribution in [0, 0.1) is 6.92 Å². The molecule has 2 heteroatoms. The van der Waals surface area contributed by atoms with Crippen LogP contribution in [-0.2, 0) is 6.42 Å². The molecule has 0 fully saturated rings. The van der Waals surface area contributed by atoms with Gasteiger partial charge in [-0.1, -0.05) is 24.3 Å². The largest absolute Gasteiger partial charge is 0.330 e. The van der Waals surface area contributed by atoms with Gasteiger partial charge in [0.15, 0.2) is 0 Å². The number of hydrogen-bond acceptors (Lipinski definition) is 1. The van der Waals surface area contributed by atoms with Crippen molar-refractivity contribution in [2.45, 2.75) is 13.3 Å². The van der Waals surface area contributed by atoms with E-state index >= 15 is 0 Å². The summed E-state index contributed by atoms with van der Waals surface area (Å²) in [5.74, 6) is 0. The topological polar surface area (TPSA) is 26.0 Å². The third-order valence-electron chi connectivity index (χ3n) is 1.67. The van der Waals surface area contributed by atoms with Crippen molar-refractivity contribution in [3.63, 3.8) is 0 Å². The molecule has 0 radical (unpaired) electrons. The van der Waals surface area contributed by atoms with Gasteiger partial charge in [-0.05, 0) is 31.0 Å². The van der Waals surface area contributed by atoms with Crippen molar-refractivity contribution in [2.75, 3.05) is 12.9 Å². The van der Waals surface area contributed by atoms with E-state index in [-0.39, 0.29) is 0 Å². The number of aryl methyl sites for hydroxylation is 1. The molecule has 0 aliphatic carbocycles. The second kappa shape index (κ2) is 7.14. The van der Waals surface area contributed by atoms with E-state index in [2.05, 4.69) is 42.8 Å². The Morgan fingerprint density at radius 2 is 1.83 bits per heavy atom. The molecule has 0 bridgehead atoms. The van der Waals surface area contributed by atoms with Crippen LogP contribution in [0.1, 0.15) is 11.1 Å². The van der Waals surface area contributed by atoms with E-state index in [9.17, 15) is 0 Å². The molecule has 0 spiro atoms. The van der Waals surface area contributed by atoms with Crippen molar-refractivity contribution in [3.8, 4) is 0 Å². The molecular formula is C10H16ClN. The van der Waals surface area contributed by atoms with Crippen LogP contribution in [0.2, 0.25) is 0 Å². The average molecular weight is 186 g/mol. The summed E-state index contributed by atoms with van der Waals surface area (Å²) in [5, 5.41) is 0. The third kappa shape index (κ3) is 3.74. The molecule has 0 aliphatic heterocycles. The van der Waals surface area contributed by atoms with Crippen LogP contribution in [0.25, 0.3) is 0 Å². The van der Waals surface area contributed by atoms with Gasteiger partial charge in [-0.3, -0.25) is 0 Å². The molecule has 0 amide bonds. The van der Waals surface area contributed by atoms with E-state index < -0.39 is 0 Å². The zero-order chi connectivity index (χ0) is 9.40. The van der Waals surface area contributed by atoms with Crippen molar-refractivity contribution in [1.29, 1.82) is 0 Å². The molecule has 68 valence electrons. The highest BCUT2D eigenvalue weighted by Gasteiger charge is 1.92. The van der Waals surface area contributed by atoms with Gasteiger partial charge in [0.1, 0.15) is 0 Å². The molecule has 0 saturated heterocycles. The van der Waals surface area contributed by atoms with Gasteiger partial charge in [0.2, 0.25) is 0 Å². The van der Waals surface area contributed by atoms with E-state index in [1.54, 1.807) is 0 Å². The summed E-state index contributed by atoms with van der Waals surface area (Å²) >= 11 is 4.64. The Bertz CT molecular complexity index is 211. The summed E-state index contributed by atoms with van der Waals surface area (Å²) < 4.78 is 0. The Labute approximate surface area is 79.5 Å². The Morgan fingerprint density at radius 3 is 2.33 bits per heavy atom. The summed E-state index contributed by atoms with van der Waals surface area (Å²) in [6, 6.07) is 8.35. The number of halogens is 1. The molecule has 0 atom stereocenters. The fourth-order valence-electron chi connectivity index (χ4n) is 1.05. The molecule has 1 rings (SSSR count). The van der Waals surface area contributed by atoms with Crippen LogP contribution >= 0.6 is 11.6 Å². The Balaban J connectivity index is 0.000000561. The first-order valence-corrected chi connectivity index (χ1v) is 4.72. The predicted molar refractivity (Wildman–Crippen MR) is 55.7 cm³/mol. The van der Waals surface area contributed by atoms with E-state index in [0.29, 0.717) is 0 Å². The summed E-state index contributed by atoms with van der Waals surface area (Å²) in [6.07, 6.45) is 2.46. The van der Waals surface area contributed by atoms with Crippen molar-refractivity contribution in [1.82, 2.24) is 0 Å². The SMILES string of the molecule is CCl.Cc1ccccc1CCN. The highest BCUT2D eigenvalue weighted by Crippen LogP contribution is 2.05. The lowest BCUT2D eigenvalue weighted by Crippen LogP contribution is -2.03. The lowest BCUT2D eigenvalue weighted by molar-refractivity contribution is 0.958. The van der Waals surface area contributed by atoms with Gasteiger partial charge in [0.05, 0.1) is 0 Å². The molecule has 1 aromatic carbocycles. The minimum atomic E-state index is 0.741. The van der Waals surface area contributed by atoms with Gasteiger partial charge in [-0.15, -0.1) is 11.6 Å². The summed E-state index contributed by atoms with van der Waals surface area (Å²) in [7, 11) is 0. The molecule has 12 heavy (non-hydrogen) atoms. The second-order valence-electron chi connectivity index (χ2n) is 2.47. The first-order valence-electron chi connectivity index (χ1n) is 3.97. The number of nitrogens with two attached hydrogens (primary N) is 1. The molecule has 0 aromatic heterocycles. The molecule has 2 N–H and O–H groups in total. The van der Waals surface area contributed by atoms with Gasteiger partial charge in [-0.2, -0.15) is 0 Å². The monoisotopic (exact) mass is 185 g/mol. The standard InChI is InChI=1S/C9H13N.CH3Cl/c1-8-4-2-3-5-9(8)6-7-10;1-2/h2-5H,6-7,10H2,1H3;1H3. The maximum absolute atomic E-state index is 5.43. The van der Waals surface area contributed by atoms with Crippen LogP contribution in [0.15, 0.2) is 24.3 Å². The van der Waals surface area contributed by atoms with Gasteiger partial charge < -0.3 is 5.73 Å². The van der Waals surface area contributed by atoms with E-state index in [4.69, 9.17) is 5.73 Å². The van der Waals surface area contributed by atoms with Crippen LogP contribution in [0.4, 0.5) is 0 Å². The minimum absolute atomic E-state index is 0.741. The zero-order valence-corrected chi connectivity index (χ0v) is 8.43. The number of benzene rings is 1. The van der Waals surface area contributed by atoms with Crippen LogP contribution in [0.3, 0.4) is 0 Å². The maximum Gasteiger partial charge on any atom is 0.0108 e. The lowest BCUT2D eigenvalue weighted by Gasteiger charge is -2.01. The normalized spacial score (nSPS) is 8.67. The quantitative estimate of drug-likeness (QED) is 0.704. The highest BCUT2D eigenvalue weighted by molar-refractivity contribution is 6.15. The molecular weight excluding hydrogens is 170 g/mol. The first kappa shape index (κ1) is 11.5. The van der Waals surface area contributed by atoms with Gasteiger partial charge in [0.25, 0.3) is 0 Å². The molecule has 1 aromatic rings. The maximum atomic E-state index is 5.43. The molecule has 0 unspecified atom stereocenters. The van der Waals surface area contributed by atoms with Gasteiger partial charge in [-0.25, -0.2) is 0 Å². The summed E-state index contributed by atoms with van der Waals surface area (Å²) in [5.41, 5.74) is 8.14. The van der Waals surface area contributed by atoms with Crippen molar-refractivity contribution < 1.29 is 0 Å². The van der Waals surface area contributed by atoms with E-state index in [1.807, 2.05) is 0 Å². The predicted octanol–water partition coefficient (Wildman–Crippen LogP) is 2.35. The fraction of sp³-hybridized carbons (Fsp3) is 0.400. The Hall–Kier alpha value is -0.530. The third-order valence-corrected chi connectivity index (χ3v) is 1.67. The highest BCUT2D eigenvalue weighted by atomic mass is 35.5. The van der Waals surface area contributed by atoms with Gasteiger partial charge in [0, 0.05) is 6.38 Å². The van der Waals surface area contributed by atoms with Gasteiger partial charge >= 0.3 is 0 Å². The average Bonchev–Trinajstić information content (AvgIpc) is 2.13. The first-order chi connectivity index (χ1) is 5.84. The molecule has 0 aliphatic rings. The van der Waals surface area contributed by atoms with Crippen LogP contribution < -0.4 is 5.73 Å². The number of rotatable bonds is 2. The van der Waals surface area contributed by atoms with E-state index in [1.165, 1.54) is 17.5 Å². The van der Waals surface area contributed by atoms with Crippen LogP contribution in [0.5, 0.6) is 0 Å². The summed E-state index contributed by atoms with van der Waals surface area (Å²) in [4.78, 5) is 0. The second-order valence-corrected chi connectivity index (χ2v) is 2.47. The Morgan fingerprint density at radius 1 is 1.25 bits per heavy atom. The lowest BCUT2D eigenvalue weighted by atomic mass is 10.1. The van der Waals surface area contributed by atoms with Crippen molar-refractivity contribution in [3.05, 3.63) is 35.4 Å². The minimum Gasteiger partial charge on any atom is -0.330 e. The van der Waals surface area contributed by atoms with E-state index in [0.717, 1.165) is 13.0 Å². The zero-order valence-electron chi connectivity index (χ0n) is 7.68. The fourth-order valence-corrected chi connectivity index (χ4v) is 1.05.